The van der Waals surface area contributed by atoms with E-state index in [4.69, 9.17) is 15.7 Å². The molecule has 1 aliphatic heterocycles. The van der Waals surface area contributed by atoms with Gasteiger partial charge in [0.25, 0.3) is 0 Å². The van der Waals surface area contributed by atoms with Crippen LogP contribution in [0.1, 0.15) is 24.5 Å². The highest BCUT2D eigenvalue weighted by atomic mass is 16.5. The predicted molar refractivity (Wildman–Crippen MR) is 74.3 cm³/mol. The van der Waals surface area contributed by atoms with Crippen LogP contribution in [0.25, 0.3) is 0 Å². The Labute approximate surface area is 117 Å². The van der Waals surface area contributed by atoms with Gasteiger partial charge in [0, 0.05) is 18.7 Å². The molecule has 1 fully saturated rings. The molecule has 2 atom stereocenters. The molecule has 4 N–H and O–H groups in total. The van der Waals surface area contributed by atoms with Crippen LogP contribution in [0.3, 0.4) is 0 Å². The molecule has 20 heavy (non-hydrogen) atoms. The van der Waals surface area contributed by atoms with E-state index in [0.29, 0.717) is 18.7 Å². The van der Waals surface area contributed by atoms with Crippen molar-refractivity contribution in [2.45, 2.75) is 26.0 Å². The van der Waals surface area contributed by atoms with Crippen molar-refractivity contribution in [1.82, 2.24) is 5.32 Å². The van der Waals surface area contributed by atoms with Crippen molar-refractivity contribution in [3.05, 3.63) is 35.4 Å². The highest BCUT2D eigenvalue weighted by Crippen LogP contribution is 2.20. The number of hydrogen-bond donors (Lipinski definition) is 3. The zero-order valence-corrected chi connectivity index (χ0v) is 11.4. The topological polar surface area (TPSA) is 96.9 Å². The summed E-state index contributed by atoms with van der Waals surface area (Å²) >= 11 is 0. The van der Waals surface area contributed by atoms with E-state index in [1.807, 2.05) is 13.0 Å². The van der Waals surface area contributed by atoms with Gasteiger partial charge in [-0.3, -0.25) is 4.79 Å². The normalized spacial score (nSPS) is 22.8. The summed E-state index contributed by atoms with van der Waals surface area (Å²) in [5, 5.41) is 14.5. The van der Waals surface area contributed by atoms with Gasteiger partial charge in [-0.1, -0.05) is 23.4 Å². The van der Waals surface area contributed by atoms with Crippen LogP contribution in [0.5, 0.6) is 0 Å². The van der Waals surface area contributed by atoms with E-state index in [1.165, 1.54) is 0 Å². The van der Waals surface area contributed by atoms with Gasteiger partial charge in [-0.2, -0.15) is 0 Å². The third-order valence-electron chi connectivity index (χ3n) is 3.51. The molecule has 0 spiro atoms. The smallest absolute Gasteiger partial charge is 0.226 e. The first-order valence-electron chi connectivity index (χ1n) is 6.58. The zero-order chi connectivity index (χ0) is 14.5. The summed E-state index contributed by atoms with van der Waals surface area (Å²) in [6.07, 6.45) is 0.732. The molecule has 1 aromatic rings. The lowest BCUT2D eigenvalue weighted by Crippen LogP contribution is -2.33. The van der Waals surface area contributed by atoms with Crippen LogP contribution in [0, 0.1) is 5.92 Å². The molecule has 0 bridgehead atoms. The molecule has 2 rings (SSSR count). The van der Waals surface area contributed by atoms with Crippen LogP contribution in [-0.2, 0) is 16.1 Å². The number of amides is 1. The molecule has 1 amide bonds. The van der Waals surface area contributed by atoms with Crippen molar-refractivity contribution >= 4 is 11.7 Å². The summed E-state index contributed by atoms with van der Waals surface area (Å²) in [6, 6.07) is 7.20. The van der Waals surface area contributed by atoms with Gasteiger partial charge in [-0.25, -0.2) is 0 Å². The second-order valence-electron chi connectivity index (χ2n) is 4.87. The summed E-state index contributed by atoms with van der Waals surface area (Å²) < 4.78 is 5.38. The minimum Gasteiger partial charge on any atom is -0.409 e. The molecule has 0 aliphatic carbocycles. The number of nitrogens with one attached hydrogen (secondary N) is 1. The Morgan fingerprint density at radius 3 is 3.05 bits per heavy atom. The van der Waals surface area contributed by atoms with Crippen LogP contribution in [0.15, 0.2) is 29.4 Å². The Hall–Kier alpha value is -2.08. The molecule has 6 heteroatoms. The van der Waals surface area contributed by atoms with Gasteiger partial charge in [-0.15, -0.1) is 0 Å². The van der Waals surface area contributed by atoms with E-state index in [2.05, 4.69) is 10.5 Å². The second-order valence-corrected chi connectivity index (χ2v) is 4.87. The van der Waals surface area contributed by atoms with Gasteiger partial charge < -0.3 is 21.0 Å². The molecule has 1 saturated heterocycles. The first-order chi connectivity index (χ1) is 9.61. The summed E-state index contributed by atoms with van der Waals surface area (Å²) in [7, 11) is 0. The van der Waals surface area contributed by atoms with E-state index < -0.39 is 0 Å². The third kappa shape index (κ3) is 3.27. The molecule has 1 heterocycles. The molecule has 2 unspecified atom stereocenters. The summed E-state index contributed by atoms with van der Waals surface area (Å²) in [6.45, 7) is 2.96. The fourth-order valence-corrected chi connectivity index (χ4v) is 2.29. The van der Waals surface area contributed by atoms with Gasteiger partial charge in [0.15, 0.2) is 5.84 Å². The van der Waals surface area contributed by atoms with Crippen molar-refractivity contribution in [3.8, 4) is 0 Å². The number of amidine groups is 1. The van der Waals surface area contributed by atoms with Crippen LogP contribution in [0.2, 0.25) is 0 Å². The number of benzene rings is 1. The first kappa shape index (κ1) is 14.3. The van der Waals surface area contributed by atoms with E-state index in [9.17, 15) is 4.79 Å². The molecular formula is C14H19N3O3. The zero-order valence-electron chi connectivity index (χ0n) is 11.4. The molecule has 1 aromatic carbocycles. The van der Waals surface area contributed by atoms with Crippen LogP contribution >= 0.6 is 0 Å². The standard InChI is InChI=1S/C14H19N3O3/c1-9-12(5-6-20-9)14(18)16-8-10-3-2-4-11(7-10)13(15)17-19/h2-4,7,9,12,19H,5-6,8H2,1H3,(H2,15,17)(H,16,18). The second kappa shape index (κ2) is 6.38. The maximum absolute atomic E-state index is 12.0. The Morgan fingerprint density at radius 1 is 1.60 bits per heavy atom. The van der Waals surface area contributed by atoms with Crippen LogP contribution < -0.4 is 11.1 Å². The molecule has 0 saturated carbocycles. The molecule has 0 radical (unpaired) electrons. The van der Waals surface area contributed by atoms with Crippen molar-refractivity contribution in [3.63, 3.8) is 0 Å². The SMILES string of the molecule is CC1OCCC1C(=O)NCc1cccc(C(N)=NO)c1. The maximum Gasteiger partial charge on any atom is 0.226 e. The minimum atomic E-state index is -0.0812. The van der Waals surface area contributed by atoms with Crippen molar-refractivity contribution in [2.75, 3.05) is 6.61 Å². The number of oxime groups is 1. The Bertz CT molecular complexity index is 516. The van der Waals surface area contributed by atoms with Crippen molar-refractivity contribution in [1.29, 1.82) is 0 Å². The first-order valence-corrected chi connectivity index (χ1v) is 6.58. The van der Waals surface area contributed by atoms with Gasteiger partial charge >= 0.3 is 0 Å². The Kier molecular flexibility index (Phi) is 4.57. The molecule has 1 aliphatic rings. The number of carbonyl (C=O) groups excluding carboxylic acids is 1. The monoisotopic (exact) mass is 277 g/mol. The van der Waals surface area contributed by atoms with E-state index in [-0.39, 0.29) is 23.8 Å². The van der Waals surface area contributed by atoms with Crippen molar-refractivity contribution in [2.24, 2.45) is 16.8 Å². The third-order valence-corrected chi connectivity index (χ3v) is 3.51. The average molecular weight is 277 g/mol. The average Bonchev–Trinajstić information content (AvgIpc) is 2.90. The molecule has 6 nitrogen and oxygen atoms in total. The van der Waals surface area contributed by atoms with Gasteiger partial charge in [0.05, 0.1) is 12.0 Å². The van der Waals surface area contributed by atoms with Gasteiger partial charge in [0.1, 0.15) is 0 Å². The number of hydrogen-bond acceptors (Lipinski definition) is 4. The van der Waals surface area contributed by atoms with E-state index in [0.717, 1.165) is 12.0 Å². The van der Waals surface area contributed by atoms with Crippen LogP contribution in [0.4, 0.5) is 0 Å². The number of nitrogens with zero attached hydrogens (tertiary/aromatic N) is 1. The number of nitrogens with two attached hydrogens (primary N) is 1. The van der Waals surface area contributed by atoms with E-state index >= 15 is 0 Å². The molecule has 108 valence electrons. The summed E-state index contributed by atoms with van der Waals surface area (Å²) in [5.41, 5.74) is 7.05. The Morgan fingerprint density at radius 2 is 2.40 bits per heavy atom. The van der Waals surface area contributed by atoms with Crippen molar-refractivity contribution < 1.29 is 14.7 Å². The number of rotatable bonds is 4. The highest BCUT2D eigenvalue weighted by molar-refractivity contribution is 5.97. The lowest BCUT2D eigenvalue weighted by atomic mass is 10.0. The van der Waals surface area contributed by atoms with Gasteiger partial charge in [0.2, 0.25) is 5.91 Å². The fourth-order valence-electron chi connectivity index (χ4n) is 2.29. The summed E-state index contributed by atoms with van der Waals surface area (Å²) in [5.74, 6) is -0.0255. The predicted octanol–water partition coefficient (Wildman–Crippen LogP) is 0.822. The highest BCUT2D eigenvalue weighted by Gasteiger charge is 2.30. The summed E-state index contributed by atoms with van der Waals surface area (Å²) in [4.78, 5) is 12.0. The lowest BCUT2D eigenvalue weighted by molar-refractivity contribution is -0.126. The Balaban J connectivity index is 1.95. The number of carbonyl (C=O) groups is 1. The van der Waals surface area contributed by atoms with E-state index in [1.54, 1.807) is 18.2 Å². The molecular weight excluding hydrogens is 258 g/mol. The van der Waals surface area contributed by atoms with Gasteiger partial charge in [-0.05, 0) is 25.0 Å². The van der Waals surface area contributed by atoms with Crippen LogP contribution in [-0.4, -0.2) is 29.7 Å². The minimum absolute atomic E-state index is 0.00389. The fraction of sp³-hybridized carbons (Fsp3) is 0.429. The maximum atomic E-state index is 12.0. The molecule has 0 aromatic heterocycles. The quantitative estimate of drug-likeness (QED) is 0.328. The lowest BCUT2D eigenvalue weighted by Gasteiger charge is -2.14. The largest absolute Gasteiger partial charge is 0.409 e. The number of ether oxygens (including phenoxy) is 1.